The number of anilines is 1. The van der Waals surface area contributed by atoms with Gasteiger partial charge >= 0.3 is 6.61 Å². The number of alkyl halides is 2. The Kier molecular flexibility index (Phi) is 5.76. The molecule has 0 radical (unpaired) electrons. The van der Waals surface area contributed by atoms with Crippen LogP contribution in [0.4, 0.5) is 14.5 Å². The molecule has 0 aliphatic carbocycles. The van der Waals surface area contributed by atoms with Gasteiger partial charge in [-0.15, -0.1) is 10.2 Å². The summed E-state index contributed by atoms with van der Waals surface area (Å²) in [6.07, 6.45) is 0. The molecule has 1 aromatic heterocycles. The zero-order chi connectivity index (χ0) is 17.7. The largest absolute Gasteiger partial charge is 0.435 e. The molecule has 0 spiro atoms. The first kappa shape index (κ1) is 18.2. The molecule has 6 nitrogen and oxygen atoms in total. The van der Waals surface area contributed by atoms with Crippen molar-refractivity contribution in [3.8, 4) is 5.75 Å². The van der Waals surface area contributed by atoms with Crippen LogP contribution in [0, 0.1) is 0 Å². The highest BCUT2D eigenvalue weighted by Gasteiger charge is 2.21. The van der Waals surface area contributed by atoms with E-state index in [1.807, 2.05) is 20.8 Å². The molecular weight excluding hydrogens is 340 g/mol. The lowest BCUT2D eigenvalue weighted by Gasteiger charge is -2.10. The zero-order valence-electron chi connectivity index (χ0n) is 13.4. The SMILES string of the molecule is CC(C)(C)c1nnc(SCC(=O)Nc2ccc(OC(F)F)cc2)o1. The molecule has 1 aromatic carbocycles. The number of rotatable bonds is 6. The molecule has 0 saturated heterocycles. The normalized spacial score (nSPS) is 11.6. The molecule has 0 unspecified atom stereocenters. The molecule has 1 heterocycles. The Bertz CT molecular complexity index is 684. The van der Waals surface area contributed by atoms with Crippen molar-refractivity contribution in [1.29, 1.82) is 0 Å². The third-order valence-corrected chi connectivity index (χ3v) is 3.56. The molecule has 0 atom stereocenters. The Balaban J connectivity index is 1.84. The molecule has 0 aliphatic heterocycles. The third kappa shape index (κ3) is 5.48. The molecule has 0 aliphatic rings. The van der Waals surface area contributed by atoms with E-state index in [0.29, 0.717) is 16.8 Å². The molecule has 130 valence electrons. The highest BCUT2D eigenvalue weighted by molar-refractivity contribution is 7.99. The lowest BCUT2D eigenvalue weighted by atomic mass is 9.97. The van der Waals surface area contributed by atoms with Crippen molar-refractivity contribution in [2.75, 3.05) is 11.1 Å². The number of hydrogen-bond acceptors (Lipinski definition) is 6. The summed E-state index contributed by atoms with van der Waals surface area (Å²) in [4.78, 5) is 11.9. The highest BCUT2D eigenvalue weighted by Crippen LogP contribution is 2.25. The van der Waals surface area contributed by atoms with Crippen LogP contribution in [0.3, 0.4) is 0 Å². The number of ether oxygens (including phenoxy) is 1. The van der Waals surface area contributed by atoms with Crippen molar-refractivity contribution in [2.24, 2.45) is 0 Å². The first-order valence-electron chi connectivity index (χ1n) is 7.05. The average molecular weight is 357 g/mol. The quantitative estimate of drug-likeness (QED) is 0.795. The Morgan fingerprint density at radius 1 is 1.29 bits per heavy atom. The Hall–Kier alpha value is -2.16. The van der Waals surface area contributed by atoms with Crippen molar-refractivity contribution in [2.45, 2.75) is 38.0 Å². The molecule has 1 N–H and O–H groups in total. The van der Waals surface area contributed by atoms with Gasteiger partial charge in [0.15, 0.2) is 0 Å². The average Bonchev–Trinajstić information content (AvgIpc) is 2.96. The molecule has 24 heavy (non-hydrogen) atoms. The van der Waals surface area contributed by atoms with Crippen LogP contribution in [0.5, 0.6) is 5.75 Å². The second-order valence-corrected chi connectivity index (χ2v) is 6.79. The monoisotopic (exact) mass is 357 g/mol. The molecule has 0 saturated carbocycles. The predicted octanol–water partition coefficient (Wildman–Crippen LogP) is 3.70. The number of carbonyl (C=O) groups is 1. The van der Waals surface area contributed by atoms with Crippen LogP contribution in [0.25, 0.3) is 0 Å². The summed E-state index contributed by atoms with van der Waals surface area (Å²) in [7, 11) is 0. The van der Waals surface area contributed by atoms with Gasteiger partial charge in [0.1, 0.15) is 5.75 Å². The van der Waals surface area contributed by atoms with E-state index in [2.05, 4.69) is 20.3 Å². The lowest BCUT2D eigenvalue weighted by Crippen LogP contribution is -2.14. The van der Waals surface area contributed by atoms with Gasteiger partial charge in [0.25, 0.3) is 5.22 Å². The van der Waals surface area contributed by atoms with E-state index in [0.717, 1.165) is 11.8 Å². The van der Waals surface area contributed by atoms with Crippen LogP contribution < -0.4 is 10.1 Å². The number of amides is 1. The van der Waals surface area contributed by atoms with Crippen LogP contribution in [0.1, 0.15) is 26.7 Å². The molecule has 1 amide bonds. The molecule has 0 fully saturated rings. The van der Waals surface area contributed by atoms with Gasteiger partial charge in [0.05, 0.1) is 5.75 Å². The zero-order valence-corrected chi connectivity index (χ0v) is 14.2. The first-order valence-corrected chi connectivity index (χ1v) is 8.04. The van der Waals surface area contributed by atoms with E-state index in [9.17, 15) is 13.6 Å². The summed E-state index contributed by atoms with van der Waals surface area (Å²) in [6, 6.07) is 5.65. The van der Waals surface area contributed by atoms with Crippen molar-refractivity contribution in [3.05, 3.63) is 30.2 Å². The van der Waals surface area contributed by atoms with Crippen LogP contribution in [-0.4, -0.2) is 28.5 Å². The van der Waals surface area contributed by atoms with E-state index in [1.54, 1.807) is 0 Å². The van der Waals surface area contributed by atoms with Crippen molar-refractivity contribution < 1.29 is 22.7 Å². The predicted molar refractivity (Wildman–Crippen MR) is 85.4 cm³/mol. The van der Waals surface area contributed by atoms with Gasteiger partial charge in [0.2, 0.25) is 11.8 Å². The summed E-state index contributed by atoms with van der Waals surface area (Å²) in [5, 5.41) is 10.8. The van der Waals surface area contributed by atoms with Gasteiger partial charge in [-0.1, -0.05) is 32.5 Å². The van der Waals surface area contributed by atoms with E-state index in [4.69, 9.17) is 4.42 Å². The molecule has 0 bridgehead atoms. The Labute approximate surface area is 142 Å². The molecule has 2 aromatic rings. The number of nitrogens with one attached hydrogen (secondary N) is 1. The van der Waals surface area contributed by atoms with E-state index in [1.165, 1.54) is 24.3 Å². The first-order chi connectivity index (χ1) is 11.2. The van der Waals surface area contributed by atoms with Crippen LogP contribution in [0.15, 0.2) is 33.9 Å². The number of halogens is 2. The van der Waals surface area contributed by atoms with E-state index < -0.39 is 6.61 Å². The lowest BCUT2D eigenvalue weighted by molar-refractivity contribution is -0.113. The number of benzene rings is 1. The molecular formula is C15H17F2N3O3S. The fraction of sp³-hybridized carbons (Fsp3) is 0.400. The van der Waals surface area contributed by atoms with Crippen molar-refractivity contribution in [3.63, 3.8) is 0 Å². The standard InChI is InChI=1S/C15H17F2N3O3S/c1-15(2,3)12-19-20-14(23-12)24-8-11(21)18-9-4-6-10(7-5-9)22-13(16)17/h4-7,13H,8H2,1-3H3,(H,18,21). The number of nitrogens with zero attached hydrogens (tertiary/aromatic N) is 2. The minimum atomic E-state index is -2.88. The van der Waals surface area contributed by atoms with Crippen LogP contribution in [0.2, 0.25) is 0 Å². The minimum absolute atomic E-state index is 0.0259. The molecule has 9 heteroatoms. The summed E-state index contributed by atoms with van der Waals surface area (Å²) in [5.74, 6) is 0.331. The molecule has 2 rings (SSSR count). The maximum Gasteiger partial charge on any atom is 0.387 e. The van der Waals surface area contributed by atoms with Crippen LogP contribution in [-0.2, 0) is 10.2 Å². The highest BCUT2D eigenvalue weighted by atomic mass is 32.2. The van der Waals surface area contributed by atoms with E-state index in [-0.39, 0.29) is 22.8 Å². The van der Waals surface area contributed by atoms with Crippen LogP contribution >= 0.6 is 11.8 Å². The van der Waals surface area contributed by atoms with Gasteiger partial charge in [-0.05, 0) is 24.3 Å². The number of aromatic nitrogens is 2. The van der Waals surface area contributed by atoms with Crippen molar-refractivity contribution in [1.82, 2.24) is 10.2 Å². The van der Waals surface area contributed by atoms with Gasteiger partial charge < -0.3 is 14.5 Å². The topological polar surface area (TPSA) is 77.2 Å². The van der Waals surface area contributed by atoms with Gasteiger partial charge in [-0.2, -0.15) is 8.78 Å². The Morgan fingerprint density at radius 3 is 2.50 bits per heavy atom. The fourth-order valence-electron chi connectivity index (χ4n) is 1.62. The second kappa shape index (κ2) is 7.61. The van der Waals surface area contributed by atoms with E-state index >= 15 is 0 Å². The fourth-order valence-corrected chi connectivity index (χ4v) is 2.18. The maximum atomic E-state index is 12.1. The number of carbonyl (C=O) groups excluding carboxylic acids is 1. The summed E-state index contributed by atoms with van der Waals surface area (Å²) in [6.45, 7) is 2.96. The number of thioether (sulfide) groups is 1. The minimum Gasteiger partial charge on any atom is -0.435 e. The van der Waals surface area contributed by atoms with Gasteiger partial charge in [0, 0.05) is 11.1 Å². The maximum absolute atomic E-state index is 12.1. The second-order valence-electron chi connectivity index (χ2n) is 5.86. The smallest absolute Gasteiger partial charge is 0.387 e. The van der Waals surface area contributed by atoms with Crippen molar-refractivity contribution >= 4 is 23.4 Å². The summed E-state index contributed by atoms with van der Waals surface area (Å²) < 4.78 is 33.8. The Morgan fingerprint density at radius 2 is 1.96 bits per heavy atom. The third-order valence-electron chi connectivity index (χ3n) is 2.74. The summed E-state index contributed by atoms with van der Waals surface area (Å²) >= 11 is 1.12. The van der Waals surface area contributed by atoms with Gasteiger partial charge in [-0.3, -0.25) is 4.79 Å². The summed E-state index contributed by atoms with van der Waals surface area (Å²) in [5.41, 5.74) is 0.221. The van der Waals surface area contributed by atoms with Gasteiger partial charge in [-0.25, -0.2) is 0 Å². The number of hydrogen-bond donors (Lipinski definition) is 1.